The number of anilines is 1. The zero-order valence-electron chi connectivity index (χ0n) is 15.4. The maximum absolute atomic E-state index is 12.4. The van der Waals surface area contributed by atoms with Gasteiger partial charge in [0.25, 0.3) is 5.91 Å². The number of aromatic nitrogens is 3. The van der Waals surface area contributed by atoms with Gasteiger partial charge >= 0.3 is 0 Å². The zero-order chi connectivity index (χ0) is 18.6. The Balaban J connectivity index is 1.29. The summed E-state index contributed by atoms with van der Waals surface area (Å²) in [6.07, 6.45) is 3.91. The first kappa shape index (κ1) is 18.3. The van der Waals surface area contributed by atoms with Gasteiger partial charge < -0.3 is 10.2 Å². The molecular weight excluding hydrogens is 378 g/mol. The van der Waals surface area contributed by atoms with Gasteiger partial charge in [0.1, 0.15) is 4.88 Å². The number of piperidine rings is 1. The van der Waals surface area contributed by atoms with Gasteiger partial charge in [-0.15, -0.1) is 5.10 Å². The van der Waals surface area contributed by atoms with E-state index in [4.69, 9.17) is 4.98 Å². The molecule has 1 aliphatic heterocycles. The van der Waals surface area contributed by atoms with Crippen molar-refractivity contribution in [2.75, 3.05) is 24.5 Å². The molecule has 0 saturated carbocycles. The molecule has 0 aliphatic carbocycles. The van der Waals surface area contributed by atoms with Crippen LogP contribution in [0.3, 0.4) is 0 Å². The molecule has 1 N–H and O–H groups in total. The second-order valence-corrected chi connectivity index (χ2v) is 8.67. The highest BCUT2D eigenvalue weighted by atomic mass is 32.1. The van der Waals surface area contributed by atoms with Crippen LogP contribution in [-0.2, 0) is 6.42 Å². The predicted octanol–water partition coefficient (Wildman–Crippen LogP) is 3.75. The maximum Gasteiger partial charge on any atom is 0.264 e. The first-order valence-corrected chi connectivity index (χ1v) is 11.0. The van der Waals surface area contributed by atoms with E-state index in [0.29, 0.717) is 10.8 Å². The quantitative estimate of drug-likeness (QED) is 0.681. The molecule has 27 heavy (non-hydrogen) atoms. The molecule has 1 aromatic carbocycles. The fourth-order valence-electron chi connectivity index (χ4n) is 3.42. The van der Waals surface area contributed by atoms with Gasteiger partial charge in [0.2, 0.25) is 0 Å². The third kappa shape index (κ3) is 4.11. The van der Waals surface area contributed by atoms with E-state index in [1.807, 2.05) is 6.07 Å². The number of benzene rings is 1. The van der Waals surface area contributed by atoms with E-state index in [2.05, 4.69) is 44.9 Å². The van der Waals surface area contributed by atoms with Gasteiger partial charge in [-0.3, -0.25) is 4.79 Å². The molecule has 3 aromatic rings. The summed E-state index contributed by atoms with van der Waals surface area (Å²) in [7, 11) is 0. The number of rotatable bonds is 6. The topological polar surface area (TPSA) is 71.0 Å². The first-order valence-electron chi connectivity index (χ1n) is 9.44. The molecule has 0 spiro atoms. The lowest BCUT2D eigenvalue weighted by Gasteiger charge is -2.31. The van der Waals surface area contributed by atoms with E-state index in [0.717, 1.165) is 61.7 Å². The summed E-state index contributed by atoms with van der Waals surface area (Å²) >= 11 is 2.96. The summed E-state index contributed by atoms with van der Waals surface area (Å²) < 4.78 is 5.18. The standard InChI is InChI=1S/C19H23N5OS2/c1-2-5-15-17(27-23-22-15)18(25)20-12-13-8-10-24(11-9-13)19-21-14-6-3-4-7-16(14)26-19/h3-4,6-7,13H,2,5,8-12H2,1H3,(H,20,25). The van der Waals surface area contributed by atoms with Crippen LogP contribution < -0.4 is 10.2 Å². The van der Waals surface area contributed by atoms with E-state index in [9.17, 15) is 4.79 Å². The molecule has 0 atom stereocenters. The SMILES string of the molecule is CCCc1nnsc1C(=O)NCC1CCN(c2nc3ccccc3s2)CC1. The number of carbonyl (C=O) groups is 1. The number of hydrogen-bond acceptors (Lipinski definition) is 7. The number of para-hydroxylation sites is 1. The van der Waals surface area contributed by atoms with Crippen molar-refractivity contribution in [3.05, 3.63) is 34.8 Å². The first-order chi connectivity index (χ1) is 13.2. The molecular formula is C19H23N5OS2. The van der Waals surface area contributed by atoms with Gasteiger partial charge in [0.05, 0.1) is 15.9 Å². The molecule has 0 unspecified atom stereocenters. The van der Waals surface area contributed by atoms with Crippen LogP contribution in [0.5, 0.6) is 0 Å². The lowest BCUT2D eigenvalue weighted by molar-refractivity contribution is 0.0948. The molecule has 142 valence electrons. The zero-order valence-corrected chi connectivity index (χ0v) is 17.0. The molecule has 6 nitrogen and oxygen atoms in total. The van der Waals surface area contributed by atoms with Gasteiger partial charge in [-0.25, -0.2) is 4.98 Å². The van der Waals surface area contributed by atoms with Crippen LogP contribution in [0.15, 0.2) is 24.3 Å². The number of nitrogens with zero attached hydrogens (tertiary/aromatic N) is 4. The summed E-state index contributed by atoms with van der Waals surface area (Å²) in [5.41, 5.74) is 1.90. The number of carbonyl (C=O) groups excluding carboxylic acids is 1. The fourth-order valence-corrected chi connectivity index (χ4v) is 5.06. The van der Waals surface area contributed by atoms with Gasteiger partial charge in [0.15, 0.2) is 5.13 Å². The lowest BCUT2D eigenvalue weighted by Crippen LogP contribution is -2.38. The minimum absolute atomic E-state index is 0.0259. The Hall–Kier alpha value is -2.06. The third-order valence-corrected chi connectivity index (χ3v) is 6.83. The van der Waals surface area contributed by atoms with E-state index >= 15 is 0 Å². The summed E-state index contributed by atoms with van der Waals surface area (Å²) in [5, 5.41) is 8.28. The average molecular weight is 402 g/mol. The van der Waals surface area contributed by atoms with Crippen molar-refractivity contribution in [3.63, 3.8) is 0 Å². The average Bonchev–Trinajstić information content (AvgIpc) is 3.33. The summed E-state index contributed by atoms with van der Waals surface area (Å²) in [6, 6.07) is 8.29. The molecule has 1 amide bonds. The van der Waals surface area contributed by atoms with Gasteiger partial charge in [-0.2, -0.15) is 0 Å². The molecule has 1 saturated heterocycles. The Bertz CT molecular complexity index is 881. The number of aryl methyl sites for hydroxylation is 1. The van der Waals surface area contributed by atoms with Crippen molar-refractivity contribution in [1.29, 1.82) is 0 Å². The molecule has 1 fully saturated rings. The number of amides is 1. The Morgan fingerprint density at radius 3 is 2.89 bits per heavy atom. The predicted molar refractivity (Wildman–Crippen MR) is 111 cm³/mol. The third-order valence-electron chi connectivity index (χ3n) is 4.97. The van der Waals surface area contributed by atoms with Crippen molar-refractivity contribution in [2.45, 2.75) is 32.6 Å². The molecule has 0 bridgehead atoms. The Labute approximate surface area is 166 Å². The minimum Gasteiger partial charge on any atom is -0.351 e. The van der Waals surface area contributed by atoms with Gasteiger partial charge in [0, 0.05) is 19.6 Å². The van der Waals surface area contributed by atoms with E-state index < -0.39 is 0 Å². The van der Waals surface area contributed by atoms with Crippen molar-refractivity contribution in [1.82, 2.24) is 19.9 Å². The number of fused-ring (bicyclic) bond motifs is 1. The fraction of sp³-hybridized carbons (Fsp3) is 0.474. The minimum atomic E-state index is -0.0259. The molecule has 4 rings (SSSR count). The van der Waals surface area contributed by atoms with Crippen molar-refractivity contribution in [2.24, 2.45) is 5.92 Å². The largest absolute Gasteiger partial charge is 0.351 e. The van der Waals surface area contributed by atoms with Gasteiger partial charge in [-0.1, -0.05) is 41.3 Å². The van der Waals surface area contributed by atoms with Crippen LogP contribution in [0.25, 0.3) is 10.2 Å². The van der Waals surface area contributed by atoms with Crippen LogP contribution in [0, 0.1) is 5.92 Å². The second kappa shape index (κ2) is 8.31. The smallest absolute Gasteiger partial charge is 0.264 e. The second-order valence-electron chi connectivity index (χ2n) is 6.90. The summed E-state index contributed by atoms with van der Waals surface area (Å²) in [6.45, 7) is 4.78. The molecule has 3 heterocycles. The lowest BCUT2D eigenvalue weighted by atomic mass is 9.97. The van der Waals surface area contributed by atoms with Crippen LogP contribution in [0.1, 0.15) is 41.6 Å². The highest BCUT2D eigenvalue weighted by Gasteiger charge is 2.23. The normalized spacial score (nSPS) is 15.4. The number of nitrogens with one attached hydrogen (secondary N) is 1. The summed E-state index contributed by atoms with van der Waals surface area (Å²) in [4.78, 5) is 20.2. The van der Waals surface area contributed by atoms with E-state index in [1.165, 1.54) is 16.2 Å². The monoisotopic (exact) mass is 401 g/mol. The van der Waals surface area contributed by atoms with Crippen LogP contribution in [0.4, 0.5) is 5.13 Å². The molecule has 2 aromatic heterocycles. The Kier molecular flexibility index (Phi) is 5.63. The van der Waals surface area contributed by atoms with Crippen LogP contribution >= 0.6 is 22.9 Å². The van der Waals surface area contributed by atoms with Crippen molar-refractivity contribution < 1.29 is 4.79 Å². The molecule has 8 heteroatoms. The number of hydrogen-bond donors (Lipinski definition) is 1. The van der Waals surface area contributed by atoms with Crippen molar-refractivity contribution >= 4 is 44.1 Å². The highest BCUT2D eigenvalue weighted by Crippen LogP contribution is 2.31. The molecule has 0 radical (unpaired) electrons. The number of thiazole rings is 1. The van der Waals surface area contributed by atoms with Gasteiger partial charge in [-0.05, 0) is 48.8 Å². The van der Waals surface area contributed by atoms with E-state index in [-0.39, 0.29) is 5.91 Å². The Morgan fingerprint density at radius 1 is 1.30 bits per heavy atom. The maximum atomic E-state index is 12.4. The molecule has 1 aliphatic rings. The van der Waals surface area contributed by atoms with Crippen LogP contribution in [-0.4, -0.2) is 40.1 Å². The van der Waals surface area contributed by atoms with Crippen LogP contribution in [0.2, 0.25) is 0 Å². The van der Waals surface area contributed by atoms with Crippen molar-refractivity contribution in [3.8, 4) is 0 Å². The summed E-state index contributed by atoms with van der Waals surface area (Å²) in [5.74, 6) is 0.483. The highest BCUT2D eigenvalue weighted by molar-refractivity contribution is 7.22. The van der Waals surface area contributed by atoms with E-state index in [1.54, 1.807) is 11.3 Å². The Morgan fingerprint density at radius 2 is 2.11 bits per heavy atom.